The van der Waals surface area contributed by atoms with Gasteiger partial charge < -0.3 is 4.98 Å². The van der Waals surface area contributed by atoms with Crippen LogP contribution in [0.25, 0.3) is 10.9 Å². The summed E-state index contributed by atoms with van der Waals surface area (Å²) in [5, 5.41) is 0.0946. The molecule has 0 spiro atoms. The van der Waals surface area contributed by atoms with E-state index in [1.165, 1.54) is 19.9 Å². The van der Waals surface area contributed by atoms with Gasteiger partial charge in [-0.15, -0.1) is 0 Å². The number of hydrogen-bond donors (Lipinski definition) is 1. The van der Waals surface area contributed by atoms with Crippen molar-refractivity contribution in [1.29, 1.82) is 0 Å². The third-order valence-corrected chi connectivity index (χ3v) is 6.31. The van der Waals surface area contributed by atoms with Gasteiger partial charge in [0.05, 0.1) is 20.1 Å². The van der Waals surface area contributed by atoms with Gasteiger partial charge in [-0.2, -0.15) is 0 Å². The molecule has 2 aromatic rings. The molecule has 1 aromatic heterocycles. The number of aromatic nitrogens is 2. The Morgan fingerprint density at radius 2 is 1.91 bits per heavy atom. The quantitative estimate of drug-likeness (QED) is 0.854. The van der Waals surface area contributed by atoms with Crippen molar-refractivity contribution in [2.75, 3.05) is 6.26 Å². The molecular formula is C13H14BrFN2O4S. The second kappa shape index (κ2) is 5.31. The van der Waals surface area contributed by atoms with Crippen LogP contribution in [-0.4, -0.2) is 29.0 Å². The third-order valence-electron chi connectivity index (χ3n) is 3.57. The van der Waals surface area contributed by atoms with E-state index in [1.54, 1.807) is 0 Å². The minimum Gasteiger partial charge on any atom is -0.307 e. The number of aromatic amines is 1. The van der Waals surface area contributed by atoms with Crippen LogP contribution in [0.2, 0.25) is 0 Å². The molecule has 1 N–H and O–H groups in total. The van der Waals surface area contributed by atoms with Crippen LogP contribution in [0.15, 0.2) is 26.2 Å². The van der Waals surface area contributed by atoms with Gasteiger partial charge in [0, 0.05) is 12.8 Å². The first-order chi connectivity index (χ1) is 9.94. The molecule has 0 saturated heterocycles. The monoisotopic (exact) mass is 392 g/mol. The fourth-order valence-electron chi connectivity index (χ4n) is 1.89. The van der Waals surface area contributed by atoms with Gasteiger partial charge >= 0.3 is 5.69 Å². The lowest BCUT2D eigenvalue weighted by Crippen LogP contribution is -2.45. The highest BCUT2D eigenvalue weighted by molar-refractivity contribution is 9.10. The largest absolute Gasteiger partial charge is 0.328 e. The first-order valence-corrected chi connectivity index (χ1v) is 8.94. The second-order valence-corrected chi connectivity index (χ2v) is 9.17. The summed E-state index contributed by atoms with van der Waals surface area (Å²) < 4.78 is 36.6. The number of H-pyrrole nitrogens is 1. The third kappa shape index (κ3) is 2.87. The summed E-state index contributed by atoms with van der Waals surface area (Å²) in [5.74, 6) is -0.614. The maximum atomic E-state index is 13.5. The van der Waals surface area contributed by atoms with E-state index in [-0.39, 0.29) is 21.9 Å². The molecule has 0 amide bonds. The number of nitrogens with one attached hydrogen (secondary N) is 1. The number of sulfone groups is 1. The fourth-order valence-corrected chi connectivity index (χ4v) is 2.60. The van der Waals surface area contributed by atoms with Crippen LogP contribution in [-0.2, 0) is 16.4 Å². The Morgan fingerprint density at radius 1 is 1.32 bits per heavy atom. The molecular weight excluding hydrogens is 379 g/mol. The van der Waals surface area contributed by atoms with E-state index < -0.39 is 31.7 Å². The summed E-state index contributed by atoms with van der Waals surface area (Å²) in [6.07, 6.45) is 1.04. The molecule has 2 rings (SSSR count). The van der Waals surface area contributed by atoms with E-state index in [4.69, 9.17) is 0 Å². The summed E-state index contributed by atoms with van der Waals surface area (Å²) in [4.78, 5) is 26.8. The lowest BCUT2D eigenvalue weighted by molar-refractivity contribution is 0.486. The number of hydrogen-bond acceptors (Lipinski definition) is 4. The second-order valence-electron chi connectivity index (χ2n) is 5.67. The maximum absolute atomic E-state index is 13.5. The Morgan fingerprint density at radius 3 is 2.45 bits per heavy atom. The smallest absolute Gasteiger partial charge is 0.307 e. The highest BCUT2D eigenvalue weighted by Crippen LogP contribution is 2.20. The van der Waals surface area contributed by atoms with Gasteiger partial charge in [0.15, 0.2) is 9.84 Å². The summed E-state index contributed by atoms with van der Waals surface area (Å²) in [7, 11) is -3.48. The van der Waals surface area contributed by atoms with E-state index in [9.17, 15) is 22.4 Å². The van der Waals surface area contributed by atoms with E-state index >= 15 is 0 Å². The molecule has 0 aliphatic heterocycles. The molecule has 22 heavy (non-hydrogen) atoms. The Balaban J connectivity index is 2.74. The Labute approximate surface area is 134 Å². The van der Waals surface area contributed by atoms with E-state index in [0.29, 0.717) is 0 Å². The number of fused-ring (bicyclic) bond motifs is 1. The number of nitrogens with zero attached hydrogens (tertiary/aromatic N) is 1. The average Bonchev–Trinajstić information content (AvgIpc) is 2.36. The molecule has 1 aromatic carbocycles. The zero-order chi connectivity index (χ0) is 16.9. The molecule has 1 heterocycles. The van der Waals surface area contributed by atoms with Gasteiger partial charge in [-0.3, -0.25) is 9.36 Å². The first kappa shape index (κ1) is 16.9. The molecule has 0 radical (unpaired) electrons. The zero-order valence-electron chi connectivity index (χ0n) is 12.1. The Bertz CT molecular complexity index is 976. The van der Waals surface area contributed by atoms with Gasteiger partial charge in [-0.25, -0.2) is 17.6 Å². The summed E-state index contributed by atoms with van der Waals surface area (Å²) >= 11 is 2.98. The van der Waals surface area contributed by atoms with E-state index in [2.05, 4.69) is 20.9 Å². The van der Waals surface area contributed by atoms with Crippen LogP contribution >= 0.6 is 15.9 Å². The Kier molecular flexibility index (Phi) is 4.07. The molecule has 0 bridgehead atoms. The lowest BCUT2D eigenvalue weighted by atomic mass is 10.2. The summed E-state index contributed by atoms with van der Waals surface area (Å²) in [6.45, 7) is 2.56. The number of rotatable bonds is 3. The molecule has 0 saturated carbocycles. The van der Waals surface area contributed by atoms with Gasteiger partial charge in [0.2, 0.25) is 0 Å². The van der Waals surface area contributed by atoms with Crippen LogP contribution in [0, 0.1) is 5.82 Å². The van der Waals surface area contributed by atoms with Crippen molar-refractivity contribution in [3.63, 3.8) is 0 Å². The zero-order valence-corrected chi connectivity index (χ0v) is 14.5. The molecule has 0 unspecified atom stereocenters. The van der Waals surface area contributed by atoms with Crippen molar-refractivity contribution in [3.05, 3.63) is 43.3 Å². The van der Waals surface area contributed by atoms with Crippen molar-refractivity contribution in [2.24, 2.45) is 0 Å². The molecule has 0 aliphatic rings. The highest BCUT2D eigenvalue weighted by atomic mass is 79.9. The highest BCUT2D eigenvalue weighted by Gasteiger charge is 2.32. The van der Waals surface area contributed by atoms with Crippen molar-refractivity contribution in [3.8, 4) is 0 Å². The maximum Gasteiger partial charge on any atom is 0.328 e. The van der Waals surface area contributed by atoms with Crippen LogP contribution in [0.4, 0.5) is 4.39 Å². The molecule has 0 fully saturated rings. The molecule has 6 nitrogen and oxygen atoms in total. The van der Waals surface area contributed by atoms with Gasteiger partial charge in [-0.1, -0.05) is 0 Å². The van der Waals surface area contributed by atoms with E-state index in [1.807, 2.05) is 0 Å². The number of benzene rings is 1. The van der Waals surface area contributed by atoms with Crippen molar-refractivity contribution in [2.45, 2.75) is 25.1 Å². The molecule has 0 atom stereocenters. The standard InChI is InChI=1S/C13H14BrFN2O4S/c1-13(2,22(3,20)21)6-17-11(18)7-4-8(14)9(15)5-10(7)16-12(17)19/h4-5H,6H2,1-3H3,(H,16,19). The minimum absolute atomic E-state index is 0.0594. The lowest BCUT2D eigenvalue weighted by Gasteiger charge is -2.22. The summed E-state index contributed by atoms with van der Waals surface area (Å²) in [6, 6.07) is 2.29. The average molecular weight is 393 g/mol. The molecule has 120 valence electrons. The first-order valence-electron chi connectivity index (χ1n) is 6.25. The van der Waals surface area contributed by atoms with Crippen LogP contribution in [0.1, 0.15) is 13.8 Å². The van der Waals surface area contributed by atoms with E-state index in [0.717, 1.165) is 16.9 Å². The van der Waals surface area contributed by atoms with Crippen LogP contribution in [0.5, 0.6) is 0 Å². The normalized spacial score (nSPS) is 12.8. The van der Waals surface area contributed by atoms with Crippen molar-refractivity contribution < 1.29 is 12.8 Å². The summed E-state index contributed by atoms with van der Waals surface area (Å²) in [5.41, 5.74) is -1.39. The van der Waals surface area contributed by atoms with Crippen LogP contribution in [0.3, 0.4) is 0 Å². The SMILES string of the molecule is CC(C)(Cn1c(=O)[nH]c2cc(F)c(Br)cc2c1=O)S(C)(=O)=O. The Hall–Kier alpha value is -1.48. The predicted molar refractivity (Wildman–Crippen MR) is 85.4 cm³/mol. The van der Waals surface area contributed by atoms with Crippen molar-refractivity contribution in [1.82, 2.24) is 9.55 Å². The van der Waals surface area contributed by atoms with Gasteiger partial charge in [-0.05, 0) is 41.9 Å². The fraction of sp³-hybridized carbons (Fsp3) is 0.385. The minimum atomic E-state index is -3.48. The number of halogens is 2. The molecule has 0 aliphatic carbocycles. The van der Waals surface area contributed by atoms with Gasteiger partial charge in [0.1, 0.15) is 5.82 Å². The predicted octanol–water partition coefficient (Wildman–Crippen LogP) is 1.41. The van der Waals surface area contributed by atoms with Crippen molar-refractivity contribution >= 4 is 36.7 Å². The van der Waals surface area contributed by atoms with Gasteiger partial charge in [0.25, 0.3) is 5.56 Å². The van der Waals surface area contributed by atoms with Crippen LogP contribution < -0.4 is 11.2 Å². The molecule has 9 heteroatoms. The topological polar surface area (TPSA) is 89.0 Å².